The first-order valence-corrected chi connectivity index (χ1v) is 10.3. The van der Waals surface area contributed by atoms with Crippen molar-refractivity contribution in [1.82, 2.24) is 14.3 Å². The fourth-order valence-electron chi connectivity index (χ4n) is 3.40. The van der Waals surface area contributed by atoms with Crippen molar-refractivity contribution < 1.29 is 17.5 Å². The van der Waals surface area contributed by atoms with Gasteiger partial charge in [0.05, 0.1) is 23.8 Å². The van der Waals surface area contributed by atoms with E-state index < -0.39 is 15.8 Å². The number of anilines is 1. The Bertz CT molecular complexity index is 944. The molecular weight excluding hydrogens is 371 g/mol. The van der Waals surface area contributed by atoms with Gasteiger partial charge in [-0.15, -0.1) is 0 Å². The Morgan fingerprint density at radius 1 is 1.07 bits per heavy atom. The van der Waals surface area contributed by atoms with Gasteiger partial charge in [-0.1, -0.05) is 0 Å². The van der Waals surface area contributed by atoms with Crippen LogP contribution in [0.25, 0.3) is 0 Å². The number of rotatable bonds is 3. The summed E-state index contributed by atoms with van der Waals surface area (Å²) < 4.78 is 45.7. The second-order valence-corrected chi connectivity index (χ2v) is 8.61. The van der Waals surface area contributed by atoms with E-state index in [9.17, 15) is 12.8 Å². The fraction of sp³-hybridized carbons (Fsp3) is 0.444. The van der Waals surface area contributed by atoms with E-state index in [1.165, 1.54) is 16.4 Å². The Morgan fingerprint density at radius 3 is 2.48 bits per heavy atom. The van der Waals surface area contributed by atoms with Crippen LogP contribution in [0, 0.1) is 12.7 Å². The van der Waals surface area contributed by atoms with Crippen LogP contribution in [-0.2, 0) is 27.7 Å². The van der Waals surface area contributed by atoms with Gasteiger partial charge in [0.2, 0.25) is 16.0 Å². The molecule has 0 bridgehead atoms. The van der Waals surface area contributed by atoms with Crippen LogP contribution in [-0.4, -0.2) is 55.5 Å². The molecule has 0 N–H and O–H groups in total. The van der Waals surface area contributed by atoms with Crippen molar-refractivity contribution in [1.29, 1.82) is 0 Å². The van der Waals surface area contributed by atoms with Gasteiger partial charge in [-0.3, -0.25) is 0 Å². The number of morpholine rings is 1. The molecule has 0 atom stereocenters. The van der Waals surface area contributed by atoms with Crippen molar-refractivity contribution in [3.63, 3.8) is 0 Å². The van der Waals surface area contributed by atoms with Crippen LogP contribution in [0.4, 0.5) is 10.3 Å². The predicted octanol–water partition coefficient (Wildman–Crippen LogP) is 1.51. The third kappa shape index (κ3) is 3.54. The molecule has 0 saturated carbocycles. The number of halogens is 1. The Labute approximate surface area is 157 Å². The maximum absolute atomic E-state index is 13.1. The molecule has 0 radical (unpaired) electrons. The topological polar surface area (TPSA) is 75.6 Å². The van der Waals surface area contributed by atoms with E-state index in [0.29, 0.717) is 32.1 Å². The lowest BCUT2D eigenvalue weighted by atomic mass is 10.1. The van der Waals surface area contributed by atoms with Gasteiger partial charge in [0.15, 0.2) is 0 Å². The molecule has 2 aromatic rings. The number of aryl methyl sites for hydroxylation is 1. The molecule has 27 heavy (non-hydrogen) atoms. The first-order valence-electron chi connectivity index (χ1n) is 8.90. The molecule has 7 nitrogen and oxygen atoms in total. The minimum atomic E-state index is -3.68. The van der Waals surface area contributed by atoms with Crippen molar-refractivity contribution in [2.24, 2.45) is 0 Å². The van der Waals surface area contributed by atoms with Gasteiger partial charge in [0.25, 0.3) is 0 Å². The predicted molar refractivity (Wildman–Crippen MR) is 97.5 cm³/mol. The molecule has 2 aliphatic heterocycles. The van der Waals surface area contributed by atoms with Crippen molar-refractivity contribution in [2.45, 2.75) is 24.8 Å². The van der Waals surface area contributed by atoms with E-state index in [-0.39, 0.29) is 11.4 Å². The zero-order valence-corrected chi connectivity index (χ0v) is 15.9. The number of hydrogen-bond donors (Lipinski definition) is 0. The smallest absolute Gasteiger partial charge is 0.243 e. The summed E-state index contributed by atoms with van der Waals surface area (Å²) in [6.45, 7) is 5.27. The average Bonchev–Trinajstić information content (AvgIpc) is 2.68. The van der Waals surface area contributed by atoms with E-state index >= 15 is 0 Å². The number of hydrogen-bond acceptors (Lipinski definition) is 6. The van der Waals surface area contributed by atoms with Crippen LogP contribution in [0.3, 0.4) is 0 Å². The molecule has 1 saturated heterocycles. The molecule has 1 aromatic heterocycles. The summed E-state index contributed by atoms with van der Waals surface area (Å²) in [5.74, 6) is 0.224. The van der Waals surface area contributed by atoms with Gasteiger partial charge in [0, 0.05) is 43.9 Å². The Hall–Kier alpha value is -2.10. The zero-order valence-electron chi connectivity index (χ0n) is 15.1. The van der Waals surface area contributed by atoms with E-state index in [0.717, 1.165) is 42.2 Å². The number of aromatic nitrogens is 2. The quantitative estimate of drug-likeness (QED) is 0.788. The summed E-state index contributed by atoms with van der Waals surface area (Å²) in [7, 11) is -3.68. The average molecular weight is 392 g/mol. The Balaban J connectivity index is 1.60. The third-order valence-electron chi connectivity index (χ3n) is 4.97. The molecule has 3 heterocycles. The molecule has 9 heteroatoms. The van der Waals surface area contributed by atoms with Gasteiger partial charge in [-0.2, -0.15) is 4.31 Å². The largest absolute Gasteiger partial charge is 0.378 e. The number of sulfonamides is 1. The van der Waals surface area contributed by atoms with Crippen molar-refractivity contribution in [3.05, 3.63) is 47.0 Å². The van der Waals surface area contributed by atoms with Crippen molar-refractivity contribution in [3.8, 4) is 0 Å². The lowest BCUT2D eigenvalue weighted by Gasteiger charge is -2.31. The molecule has 1 fully saturated rings. The summed E-state index contributed by atoms with van der Waals surface area (Å²) >= 11 is 0. The van der Waals surface area contributed by atoms with Crippen LogP contribution in [0.2, 0.25) is 0 Å². The molecule has 1 aromatic carbocycles. The maximum atomic E-state index is 13.1. The highest BCUT2D eigenvalue weighted by molar-refractivity contribution is 7.89. The van der Waals surface area contributed by atoms with Crippen LogP contribution in [0.15, 0.2) is 29.2 Å². The van der Waals surface area contributed by atoms with Gasteiger partial charge < -0.3 is 9.64 Å². The Morgan fingerprint density at radius 2 is 1.78 bits per heavy atom. The Kier molecular flexibility index (Phi) is 4.83. The fourth-order valence-corrected chi connectivity index (χ4v) is 4.81. The SMILES string of the molecule is Cc1nc(N2CCOCC2)nc2c1CN(S(=O)(=O)c1ccc(F)cc1)CC2. The van der Waals surface area contributed by atoms with Crippen LogP contribution in [0.5, 0.6) is 0 Å². The van der Waals surface area contributed by atoms with E-state index in [4.69, 9.17) is 4.74 Å². The number of benzene rings is 1. The molecule has 0 spiro atoms. The molecule has 4 rings (SSSR count). The van der Waals surface area contributed by atoms with E-state index in [1.54, 1.807) is 0 Å². The number of nitrogens with zero attached hydrogens (tertiary/aromatic N) is 4. The molecule has 2 aliphatic rings. The summed E-state index contributed by atoms with van der Waals surface area (Å²) in [4.78, 5) is 11.5. The van der Waals surface area contributed by atoms with Gasteiger partial charge >= 0.3 is 0 Å². The van der Waals surface area contributed by atoms with Gasteiger partial charge in [-0.05, 0) is 31.2 Å². The first-order chi connectivity index (χ1) is 12.9. The maximum Gasteiger partial charge on any atom is 0.243 e. The summed E-state index contributed by atoms with van der Waals surface area (Å²) in [5, 5.41) is 0. The summed E-state index contributed by atoms with van der Waals surface area (Å²) in [6, 6.07) is 4.91. The van der Waals surface area contributed by atoms with Gasteiger partial charge in [0.1, 0.15) is 5.82 Å². The monoisotopic (exact) mass is 392 g/mol. The molecule has 144 valence electrons. The minimum absolute atomic E-state index is 0.0934. The highest BCUT2D eigenvalue weighted by atomic mass is 32.2. The first kappa shape index (κ1) is 18.3. The molecule has 0 aliphatic carbocycles. The molecule has 0 unspecified atom stereocenters. The number of fused-ring (bicyclic) bond motifs is 1. The highest BCUT2D eigenvalue weighted by Gasteiger charge is 2.31. The van der Waals surface area contributed by atoms with Crippen LogP contribution in [0.1, 0.15) is 17.0 Å². The molecular formula is C18H21FN4O3S. The standard InChI is InChI=1S/C18H21FN4O3S/c1-13-16-12-23(27(24,25)15-4-2-14(19)3-5-15)7-6-17(16)21-18(20-13)22-8-10-26-11-9-22/h2-5H,6-12H2,1H3. The van der Waals surface area contributed by atoms with Gasteiger partial charge in [-0.25, -0.2) is 22.8 Å². The van der Waals surface area contributed by atoms with Crippen LogP contribution < -0.4 is 4.90 Å². The van der Waals surface area contributed by atoms with E-state index in [1.807, 2.05) is 6.92 Å². The van der Waals surface area contributed by atoms with Crippen LogP contribution >= 0.6 is 0 Å². The normalized spacial score (nSPS) is 18.4. The van der Waals surface area contributed by atoms with Crippen molar-refractivity contribution in [2.75, 3.05) is 37.7 Å². The van der Waals surface area contributed by atoms with E-state index in [2.05, 4.69) is 14.9 Å². The van der Waals surface area contributed by atoms with Crippen molar-refractivity contribution >= 4 is 16.0 Å². The second kappa shape index (κ2) is 7.14. The highest BCUT2D eigenvalue weighted by Crippen LogP contribution is 2.27. The lowest BCUT2D eigenvalue weighted by molar-refractivity contribution is 0.122. The number of ether oxygens (including phenoxy) is 1. The lowest BCUT2D eigenvalue weighted by Crippen LogP contribution is -2.39. The third-order valence-corrected chi connectivity index (χ3v) is 6.82. The minimum Gasteiger partial charge on any atom is -0.378 e. The molecule has 0 amide bonds. The summed E-state index contributed by atoms with van der Waals surface area (Å²) in [6.07, 6.45) is 0.524. The second-order valence-electron chi connectivity index (χ2n) is 6.68. The summed E-state index contributed by atoms with van der Waals surface area (Å²) in [5.41, 5.74) is 2.54. The zero-order chi connectivity index (χ0) is 19.0.